The molecule has 2 aromatic heterocycles. The fourth-order valence-corrected chi connectivity index (χ4v) is 3.02. The second-order valence-electron chi connectivity index (χ2n) is 6.34. The van der Waals surface area contributed by atoms with Crippen LogP contribution in [0.15, 0.2) is 73.1 Å². The van der Waals surface area contributed by atoms with Gasteiger partial charge in [0.1, 0.15) is 5.82 Å². The average Bonchev–Trinajstić information content (AvgIpc) is 3.30. The highest BCUT2D eigenvalue weighted by Crippen LogP contribution is 2.37. The number of aldehydes is 1. The molecule has 0 spiro atoms. The van der Waals surface area contributed by atoms with E-state index in [1.165, 1.54) is 0 Å². The van der Waals surface area contributed by atoms with Crippen LogP contribution in [-0.2, 0) is 0 Å². The number of anilines is 1. The molecule has 6 nitrogen and oxygen atoms in total. The Morgan fingerprint density at radius 2 is 1.60 bits per heavy atom. The van der Waals surface area contributed by atoms with Gasteiger partial charge in [0.15, 0.2) is 17.8 Å². The molecular weight excluding hydrogens is 378 g/mol. The number of pyridine rings is 1. The van der Waals surface area contributed by atoms with E-state index in [1.54, 1.807) is 6.07 Å². The van der Waals surface area contributed by atoms with Crippen molar-refractivity contribution in [3.8, 4) is 17.2 Å². The van der Waals surface area contributed by atoms with Crippen LogP contribution in [0.4, 0.5) is 5.82 Å². The van der Waals surface area contributed by atoms with Gasteiger partial charge in [-0.1, -0.05) is 18.2 Å². The van der Waals surface area contributed by atoms with Crippen LogP contribution < -0.4 is 15.2 Å². The summed E-state index contributed by atoms with van der Waals surface area (Å²) in [5.41, 5.74) is 7.83. The van der Waals surface area contributed by atoms with Gasteiger partial charge in [0, 0.05) is 17.8 Å². The summed E-state index contributed by atoms with van der Waals surface area (Å²) < 4.78 is 13.2. The summed E-state index contributed by atoms with van der Waals surface area (Å²) in [7, 11) is 0. The number of para-hydroxylation sites is 1. The first-order valence-electron chi connectivity index (χ1n) is 9.80. The summed E-state index contributed by atoms with van der Waals surface area (Å²) >= 11 is 0. The highest BCUT2D eigenvalue weighted by Gasteiger charge is 2.16. The molecule has 0 atom stereocenters. The fourth-order valence-electron chi connectivity index (χ4n) is 3.02. The molecule has 0 radical (unpaired) electrons. The Labute approximate surface area is 175 Å². The first kappa shape index (κ1) is 20.9. The van der Waals surface area contributed by atoms with E-state index in [0.717, 1.165) is 22.9 Å². The molecule has 0 fully saturated rings. The molecule has 30 heavy (non-hydrogen) atoms. The fraction of sp³-hybridized carbons (Fsp3) is 0.167. The van der Waals surface area contributed by atoms with E-state index >= 15 is 0 Å². The molecular formula is C24H25N3O3. The van der Waals surface area contributed by atoms with E-state index in [0.29, 0.717) is 36.1 Å². The van der Waals surface area contributed by atoms with Gasteiger partial charge < -0.3 is 19.8 Å². The SMILES string of the molecule is CCOc1c(C=O)ccc(-n2cccc2)c1OCC.Nc1ccc2ccccc2n1. The van der Waals surface area contributed by atoms with Gasteiger partial charge in [-0.05, 0) is 56.3 Å². The minimum absolute atomic E-state index is 0.482. The standard InChI is InChI=1S/C15H17NO3.C9H8N2/c1-3-18-14-12(11-17)7-8-13(15(14)19-4-2)16-9-5-6-10-16;10-9-6-5-7-3-1-2-4-8(7)11-9/h5-11H,3-4H2,1-2H3;1-6H,(H2,10,11). The number of nitrogens with zero attached hydrogens (tertiary/aromatic N) is 2. The highest BCUT2D eigenvalue weighted by atomic mass is 16.5. The molecule has 0 aliphatic rings. The minimum Gasteiger partial charge on any atom is -0.489 e. The zero-order valence-corrected chi connectivity index (χ0v) is 17.1. The zero-order chi connectivity index (χ0) is 21.3. The molecule has 154 valence electrons. The summed E-state index contributed by atoms with van der Waals surface area (Å²) in [6.07, 6.45) is 4.63. The van der Waals surface area contributed by atoms with E-state index in [9.17, 15) is 4.79 Å². The molecule has 0 bridgehead atoms. The second-order valence-corrected chi connectivity index (χ2v) is 6.34. The number of nitrogens with two attached hydrogens (primary N) is 1. The van der Waals surface area contributed by atoms with Crippen LogP contribution in [0.3, 0.4) is 0 Å². The second kappa shape index (κ2) is 10.1. The normalized spacial score (nSPS) is 10.2. The Balaban J connectivity index is 0.000000196. The monoisotopic (exact) mass is 403 g/mol. The number of carbonyl (C=O) groups is 1. The van der Waals surface area contributed by atoms with Crippen LogP contribution in [0.25, 0.3) is 16.6 Å². The lowest BCUT2D eigenvalue weighted by atomic mass is 10.1. The third-order valence-electron chi connectivity index (χ3n) is 4.33. The Morgan fingerprint density at radius 3 is 2.30 bits per heavy atom. The number of hydrogen-bond donors (Lipinski definition) is 1. The van der Waals surface area contributed by atoms with Crippen molar-refractivity contribution in [2.45, 2.75) is 13.8 Å². The Morgan fingerprint density at radius 1 is 0.900 bits per heavy atom. The lowest BCUT2D eigenvalue weighted by Gasteiger charge is -2.17. The number of fused-ring (bicyclic) bond motifs is 1. The number of aromatic nitrogens is 2. The summed E-state index contributed by atoms with van der Waals surface area (Å²) in [5.74, 6) is 1.68. The maximum atomic E-state index is 11.1. The molecule has 0 saturated carbocycles. The van der Waals surface area contributed by atoms with Crippen molar-refractivity contribution in [2.75, 3.05) is 18.9 Å². The Hall–Kier alpha value is -3.80. The summed E-state index contributed by atoms with van der Waals surface area (Å²) in [5, 5.41) is 1.13. The molecule has 0 amide bonds. The number of nitrogen functional groups attached to an aromatic ring is 1. The zero-order valence-electron chi connectivity index (χ0n) is 17.1. The topological polar surface area (TPSA) is 79.4 Å². The molecule has 4 rings (SSSR count). The van der Waals surface area contributed by atoms with Crippen molar-refractivity contribution >= 4 is 23.0 Å². The first-order chi connectivity index (χ1) is 14.7. The molecule has 0 aliphatic heterocycles. The van der Waals surface area contributed by atoms with Gasteiger partial charge in [0.25, 0.3) is 0 Å². The number of hydrogen-bond acceptors (Lipinski definition) is 5. The van der Waals surface area contributed by atoms with Crippen molar-refractivity contribution in [3.05, 3.63) is 78.6 Å². The van der Waals surface area contributed by atoms with Gasteiger partial charge in [-0.25, -0.2) is 4.98 Å². The van der Waals surface area contributed by atoms with E-state index in [4.69, 9.17) is 15.2 Å². The van der Waals surface area contributed by atoms with Gasteiger partial charge >= 0.3 is 0 Å². The molecule has 0 unspecified atom stereocenters. The molecule has 0 saturated heterocycles. The maximum Gasteiger partial charge on any atom is 0.185 e. The van der Waals surface area contributed by atoms with Crippen LogP contribution in [0.1, 0.15) is 24.2 Å². The van der Waals surface area contributed by atoms with Crippen LogP contribution in [0.2, 0.25) is 0 Å². The summed E-state index contributed by atoms with van der Waals surface area (Å²) in [6.45, 7) is 4.78. The Bertz CT molecular complexity index is 1110. The molecule has 6 heteroatoms. The predicted molar refractivity (Wildman–Crippen MR) is 120 cm³/mol. The van der Waals surface area contributed by atoms with E-state index in [2.05, 4.69) is 4.98 Å². The van der Waals surface area contributed by atoms with Crippen LogP contribution >= 0.6 is 0 Å². The first-order valence-corrected chi connectivity index (χ1v) is 9.80. The predicted octanol–water partition coefficient (Wildman–Crippen LogP) is 4.90. The number of carbonyl (C=O) groups excluding carboxylic acids is 1. The van der Waals surface area contributed by atoms with Crippen molar-refractivity contribution in [2.24, 2.45) is 0 Å². The van der Waals surface area contributed by atoms with Crippen molar-refractivity contribution in [1.29, 1.82) is 0 Å². The number of benzene rings is 2. The number of rotatable bonds is 6. The average molecular weight is 403 g/mol. The lowest BCUT2D eigenvalue weighted by molar-refractivity contribution is 0.111. The quantitative estimate of drug-likeness (QED) is 0.463. The smallest absolute Gasteiger partial charge is 0.185 e. The Kier molecular flexibility index (Phi) is 7.05. The summed E-state index contributed by atoms with van der Waals surface area (Å²) in [4.78, 5) is 15.3. The maximum absolute atomic E-state index is 11.1. The molecule has 0 aliphatic carbocycles. The van der Waals surface area contributed by atoms with E-state index in [-0.39, 0.29) is 0 Å². The largest absolute Gasteiger partial charge is 0.489 e. The van der Waals surface area contributed by atoms with Crippen molar-refractivity contribution in [3.63, 3.8) is 0 Å². The van der Waals surface area contributed by atoms with Gasteiger partial charge in [0.2, 0.25) is 0 Å². The number of ether oxygens (including phenoxy) is 2. The van der Waals surface area contributed by atoms with E-state index < -0.39 is 0 Å². The summed E-state index contributed by atoms with van der Waals surface area (Å²) in [6, 6.07) is 19.2. The lowest BCUT2D eigenvalue weighted by Crippen LogP contribution is -2.05. The van der Waals surface area contributed by atoms with Gasteiger partial charge in [0.05, 0.1) is 30.0 Å². The van der Waals surface area contributed by atoms with Gasteiger partial charge in [-0.15, -0.1) is 0 Å². The molecule has 2 aromatic carbocycles. The molecule has 4 aromatic rings. The third kappa shape index (κ3) is 4.78. The van der Waals surface area contributed by atoms with Crippen LogP contribution in [0, 0.1) is 0 Å². The van der Waals surface area contributed by atoms with E-state index in [1.807, 2.05) is 85.4 Å². The third-order valence-corrected chi connectivity index (χ3v) is 4.33. The van der Waals surface area contributed by atoms with Crippen molar-refractivity contribution in [1.82, 2.24) is 9.55 Å². The van der Waals surface area contributed by atoms with Crippen molar-refractivity contribution < 1.29 is 14.3 Å². The molecule has 2 heterocycles. The van der Waals surface area contributed by atoms with Crippen LogP contribution in [0.5, 0.6) is 11.5 Å². The highest BCUT2D eigenvalue weighted by molar-refractivity contribution is 5.83. The molecule has 2 N–H and O–H groups in total. The van der Waals surface area contributed by atoms with Crippen LogP contribution in [-0.4, -0.2) is 29.1 Å². The van der Waals surface area contributed by atoms with Gasteiger partial charge in [-0.3, -0.25) is 4.79 Å². The van der Waals surface area contributed by atoms with Gasteiger partial charge in [-0.2, -0.15) is 0 Å². The minimum atomic E-state index is 0.482.